The fourth-order valence-corrected chi connectivity index (χ4v) is 1.22. The van der Waals surface area contributed by atoms with Crippen LogP contribution in [0.5, 0.6) is 0 Å². The second-order valence-electron chi connectivity index (χ2n) is 3.69. The fourth-order valence-electron chi connectivity index (χ4n) is 1.22. The van der Waals surface area contributed by atoms with Crippen LogP contribution in [0, 0.1) is 5.92 Å². The van der Waals surface area contributed by atoms with Crippen LogP contribution in [0.4, 0.5) is 13.2 Å². The molecule has 0 fully saturated rings. The van der Waals surface area contributed by atoms with Gasteiger partial charge in [0.1, 0.15) is 5.56 Å². The molecule has 1 heterocycles. The average Bonchev–Trinajstić information content (AvgIpc) is 2.19. The summed E-state index contributed by atoms with van der Waals surface area (Å²) < 4.78 is 37.7. The van der Waals surface area contributed by atoms with Gasteiger partial charge in [-0.15, -0.1) is 0 Å². The molecule has 0 radical (unpaired) electrons. The number of carboxylic acids is 1. The first-order valence-corrected chi connectivity index (χ1v) is 4.76. The molecule has 2 N–H and O–H groups in total. The van der Waals surface area contributed by atoms with Crippen LogP contribution in [0.25, 0.3) is 0 Å². The number of halogens is 3. The molecule has 1 aromatic rings. The zero-order valence-electron chi connectivity index (χ0n) is 9.11. The Hall–Kier alpha value is -2.06. The van der Waals surface area contributed by atoms with Crippen molar-refractivity contribution >= 4 is 5.97 Å². The van der Waals surface area contributed by atoms with Gasteiger partial charge in [-0.25, -0.2) is 4.79 Å². The first-order chi connectivity index (χ1) is 8.12. The quantitative estimate of drug-likeness (QED) is 0.821. The molecule has 0 saturated heterocycles. The lowest BCUT2D eigenvalue weighted by Gasteiger charge is -2.11. The molecule has 100 valence electrons. The number of aromatic amines is 1. The molecule has 0 aliphatic rings. The lowest BCUT2D eigenvalue weighted by Crippen LogP contribution is -2.36. The van der Waals surface area contributed by atoms with Crippen molar-refractivity contribution in [2.75, 3.05) is 0 Å². The van der Waals surface area contributed by atoms with E-state index in [1.54, 1.807) is 0 Å². The maximum absolute atomic E-state index is 12.4. The molecule has 0 amide bonds. The van der Waals surface area contributed by atoms with Crippen LogP contribution in [-0.2, 0) is 17.5 Å². The van der Waals surface area contributed by atoms with E-state index in [-0.39, 0.29) is 0 Å². The third-order valence-corrected chi connectivity index (χ3v) is 2.21. The fraction of sp³-hybridized carbons (Fsp3) is 0.444. The molecule has 0 saturated carbocycles. The standard InChI is InChI=1S/C9H9F3N2O4/c1-4(7(16)17)2-14-3-5(9(10,11)12)6(15)13-8(14)18/h3-4H,2H2,1H3,(H,16,17)(H,13,15,18)/t4-/m0/s1. The Kier molecular flexibility index (Phi) is 3.63. The highest BCUT2D eigenvalue weighted by Crippen LogP contribution is 2.25. The van der Waals surface area contributed by atoms with Crippen molar-refractivity contribution in [2.45, 2.75) is 19.6 Å². The molecule has 6 nitrogen and oxygen atoms in total. The Labute approximate surface area is 97.7 Å². The topological polar surface area (TPSA) is 92.2 Å². The summed E-state index contributed by atoms with van der Waals surface area (Å²) in [6.45, 7) is 0.765. The van der Waals surface area contributed by atoms with E-state index in [1.807, 2.05) is 0 Å². The zero-order valence-corrected chi connectivity index (χ0v) is 9.11. The van der Waals surface area contributed by atoms with Gasteiger partial charge in [0.15, 0.2) is 0 Å². The van der Waals surface area contributed by atoms with Crippen LogP contribution in [0.1, 0.15) is 12.5 Å². The minimum absolute atomic E-state index is 0.320. The number of carboxylic acid groups (broad SMARTS) is 1. The van der Waals surface area contributed by atoms with Crippen molar-refractivity contribution in [3.8, 4) is 0 Å². The number of hydrogen-bond acceptors (Lipinski definition) is 3. The number of nitrogens with one attached hydrogen (secondary N) is 1. The van der Waals surface area contributed by atoms with E-state index in [2.05, 4.69) is 0 Å². The summed E-state index contributed by atoms with van der Waals surface area (Å²) in [5, 5.41) is 8.61. The molecule has 18 heavy (non-hydrogen) atoms. The first kappa shape index (κ1) is 14.0. The molecular formula is C9H9F3N2O4. The van der Waals surface area contributed by atoms with E-state index >= 15 is 0 Å². The lowest BCUT2D eigenvalue weighted by atomic mass is 10.2. The van der Waals surface area contributed by atoms with Gasteiger partial charge >= 0.3 is 17.8 Å². The van der Waals surface area contributed by atoms with Gasteiger partial charge in [0.05, 0.1) is 5.92 Å². The van der Waals surface area contributed by atoms with Crippen LogP contribution in [0.15, 0.2) is 15.8 Å². The first-order valence-electron chi connectivity index (χ1n) is 4.76. The van der Waals surface area contributed by atoms with Crippen molar-refractivity contribution in [1.82, 2.24) is 9.55 Å². The molecule has 0 bridgehead atoms. The van der Waals surface area contributed by atoms with Gasteiger partial charge in [-0.2, -0.15) is 13.2 Å². The number of rotatable bonds is 3. The number of hydrogen-bond donors (Lipinski definition) is 2. The third kappa shape index (κ3) is 2.99. The second-order valence-corrected chi connectivity index (χ2v) is 3.69. The van der Waals surface area contributed by atoms with Crippen LogP contribution in [-0.4, -0.2) is 20.6 Å². The third-order valence-electron chi connectivity index (χ3n) is 2.21. The minimum Gasteiger partial charge on any atom is -0.481 e. The van der Waals surface area contributed by atoms with Crippen LogP contribution in [0.3, 0.4) is 0 Å². The summed E-state index contributed by atoms with van der Waals surface area (Å²) in [5.41, 5.74) is -4.17. The Morgan fingerprint density at radius 3 is 2.50 bits per heavy atom. The summed E-state index contributed by atoms with van der Waals surface area (Å²) in [6.07, 6.45) is -4.59. The smallest absolute Gasteiger partial charge is 0.423 e. The van der Waals surface area contributed by atoms with Crippen molar-refractivity contribution in [3.05, 3.63) is 32.6 Å². The zero-order chi connectivity index (χ0) is 14.1. The molecule has 9 heteroatoms. The molecular weight excluding hydrogens is 257 g/mol. The van der Waals surface area contributed by atoms with Crippen molar-refractivity contribution < 1.29 is 23.1 Å². The summed E-state index contributed by atoms with van der Waals surface area (Å²) in [6, 6.07) is 0. The van der Waals surface area contributed by atoms with E-state index in [0.717, 1.165) is 0 Å². The van der Waals surface area contributed by atoms with E-state index < -0.39 is 41.4 Å². The second kappa shape index (κ2) is 4.67. The summed E-state index contributed by atoms with van der Waals surface area (Å²) in [5.74, 6) is -2.32. The monoisotopic (exact) mass is 266 g/mol. The Balaban J connectivity index is 3.26. The van der Waals surface area contributed by atoms with Gasteiger partial charge in [-0.05, 0) is 0 Å². The van der Waals surface area contributed by atoms with Crippen LogP contribution in [0.2, 0.25) is 0 Å². The maximum Gasteiger partial charge on any atom is 0.423 e. The molecule has 0 spiro atoms. The van der Waals surface area contributed by atoms with Crippen LogP contribution < -0.4 is 11.2 Å². The number of nitrogens with zero attached hydrogens (tertiary/aromatic N) is 1. The lowest BCUT2D eigenvalue weighted by molar-refractivity contribution is -0.141. The maximum atomic E-state index is 12.4. The predicted octanol–water partition coefficient (Wildman–Crippen LogP) is 0.276. The summed E-state index contributed by atoms with van der Waals surface area (Å²) in [4.78, 5) is 34.2. The van der Waals surface area contributed by atoms with E-state index in [4.69, 9.17) is 5.11 Å². The molecule has 0 unspecified atom stereocenters. The van der Waals surface area contributed by atoms with Crippen molar-refractivity contribution in [2.24, 2.45) is 5.92 Å². The molecule has 0 aliphatic carbocycles. The number of H-pyrrole nitrogens is 1. The van der Waals surface area contributed by atoms with Crippen molar-refractivity contribution in [3.63, 3.8) is 0 Å². The molecule has 1 rings (SSSR count). The Morgan fingerprint density at radius 2 is 2.06 bits per heavy atom. The average molecular weight is 266 g/mol. The number of alkyl halides is 3. The normalized spacial score (nSPS) is 13.3. The molecule has 1 aromatic heterocycles. The van der Waals surface area contributed by atoms with Gasteiger partial charge < -0.3 is 5.11 Å². The largest absolute Gasteiger partial charge is 0.481 e. The van der Waals surface area contributed by atoms with Gasteiger partial charge in [0.25, 0.3) is 5.56 Å². The van der Waals surface area contributed by atoms with E-state index in [0.29, 0.717) is 10.8 Å². The molecule has 1 atom stereocenters. The summed E-state index contributed by atoms with van der Waals surface area (Å²) >= 11 is 0. The number of aliphatic carboxylic acids is 1. The number of aromatic nitrogens is 2. The van der Waals surface area contributed by atoms with Crippen LogP contribution >= 0.6 is 0 Å². The highest BCUT2D eigenvalue weighted by atomic mass is 19.4. The Morgan fingerprint density at radius 1 is 1.50 bits per heavy atom. The van der Waals surface area contributed by atoms with E-state index in [9.17, 15) is 27.6 Å². The minimum atomic E-state index is -4.91. The highest BCUT2D eigenvalue weighted by Gasteiger charge is 2.35. The Bertz CT molecular complexity index is 572. The van der Waals surface area contributed by atoms with Gasteiger partial charge in [0.2, 0.25) is 0 Å². The van der Waals surface area contributed by atoms with Gasteiger partial charge in [-0.3, -0.25) is 19.1 Å². The summed E-state index contributed by atoms with van der Waals surface area (Å²) in [7, 11) is 0. The van der Waals surface area contributed by atoms with Gasteiger partial charge in [0, 0.05) is 12.7 Å². The van der Waals surface area contributed by atoms with E-state index in [1.165, 1.54) is 11.9 Å². The molecule has 0 aliphatic heterocycles. The predicted molar refractivity (Wildman–Crippen MR) is 53.1 cm³/mol. The number of carbonyl (C=O) groups is 1. The van der Waals surface area contributed by atoms with Gasteiger partial charge in [-0.1, -0.05) is 6.92 Å². The SMILES string of the molecule is C[C@@H](Cn1cc(C(F)(F)F)c(=O)[nH]c1=O)C(=O)O. The van der Waals surface area contributed by atoms with Crippen molar-refractivity contribution in [1.29, 1.82) is 0 Å². The molecule has 0 aromatic carbocycles. The highest BCUT2D eigenvalue weighted by molar-refractivity contribution is 5.69.